The highest BCUT2D eigenvalue weighted by molar-refractivity contribution is 6.09. The molecule has 0 radical (unpaired) electrons. The third-order valence-electron chi connectivity index (χ3n) is 2.34. The highest BCUT2D eigenvalue weighted by Crippen LogP contribution is 2.18. The van der Waals surface area contributed by atoms with Gasteiger partial charge in [-0.2, -0.15) is 0 Å². The SMILES string of the molecule is O=C(c1cccc(F)c1)c1cc(F)c(F)cc1F. The summed E-state index contributed by atoms with van der Waals surface area (Å²) in [6.07, 6.45) is 0. The molecule has 0 bridgehead atoms. The number of ketones is 1. The molecule has 0 atom stereocenters. The number of hydrogen-bond donors (Lipinski definition) is 0. The lowest BCUT2D eigenvalue weighted by Crippen LogP contribution is -2.06. The van der Waals surface area contributed by atoms with Crippen LogP contribution in [0.3, 0.4) is 0 Å². The van der Waals surface area contributed by atoms with Crippen LogP contribution in [0.5, 0.6) is 0 Å². The zero-order valence-electron chi connectivity index (χ0n) is 8.88. The molecule has 0 N–H and O–H groups in total. The van der Waals surface area contributed by atoms with E-state index < -0.39 is 34.6 Å². The number of carbonyl (C=O) groups is 1. The van der Waals surface area contributed by atoms with Gasteiger partial charge in [0.2, 0.25) is 0 Å². The molecule has 0 fully saturated rings. The van der Waals surface area contributed by atoms with Crippen molar-refractivity contribution >= 4 is 5.78 Å². The lowest BCUT2D eigenvalue weighted by Gasteiger charge is -2.04. The summed E-state index contributed by atoms with van der Waals surface area (Å²) in [6.45, 7) is 0. The monoisotopic (exact) mass is 254 g/mol. The molecule has 0 saturated carbocycles. The zero-order chi connectivity index (χ0) is 13.3. The minimum absolute atomic E-state index is 0.139. The Balaban J connectivity index is 2.49. The first-order chi connectivity index (χ1) is 8.49. The Hall–Kier alpha value is -2.17. The first kappa shape index (κ1) is 12.3. The van der Waals surface area contributed by atoms with Crippen molar-refractivity contribution in [1.82, 2.24) is 0 Å². The second kappa shape index (κ2) is 4.60. The highest BCUT2D eigenvalue weighted by atomic mass is 19.2. The van der Waals surface area contributed by atoms with Crippen LogP contribution in [0.4, 0.5) is 17.6 Å². The highest BCUT2D eigenvalue weighted by Gasteiger charge is 2.18. The van der Waals surface area contributed by atoms with Crippen LogP contribution in [0, 0.1) is 23.3 Å². The van der Waals surface area contributed by atoms with Gasteiger partial charge in [-0.25, -0.2) is 17.6 Å². The van der Waals surface area contributed by atoms with Gasteiger partial charge < -0.3 is 0 Å². The predicted octanol–water partition coefficient (Wildman–Crippen LogP) is 3.47. The molecule has 0 aromatic heterocycles. The number of halogens is 4. The Kier molecular flexibility index (Phi) is 3.14. The van der Waals surface area contributed by atoms with Crippen molar-refractivity contribution in [2.75, 3.05) is 0 Å². The van der Waals surface area contributed by atoms with E-state index in [-0.39, 0.29) is 11.6 Å². The molecule has 0 aliphatic carbocycles. The largest absolute Gasteiger partial charge is 0.288 e. The van der Waals surface area contributed by atoms with Crippen LogP contribution in [0.1, 0.15) is 15.9 Å². The smallest absolute Gasteiger partial charge is 0.196 e. The van der Waals surface area contributed by atoms with E-state index in [2.05, 4.69) is 0 Å². The van der Waals surface area contributed by atoms with Crippen molar-refractivity contribution in [3.63, 3.8) is 0 Å². The maximum absolute atomic E-state index is 13.3. The fourth-order valence-corrected chi connectivity index (χ4v) is 1.48. The summed E-state index contributed by atoms with van der Waals surface area (Å²) in [5.41, 5.74) is -0.778. The number of benzene rings is 2. The predicted molar refractivity (Wildman–Crippen MR) is 56.1 cm³/mol. The van der Waals surface area contributed by atoms with Crippen LogP contribution in [0.15, 0.2) is 36.4 Å². The van der Waals surface area contributed by atoms with Gasteiger partial charge in [-0.1, -0.05) is 12.1 Å². The molecule has 2 aromatic rings. The molecule has 2 rings (SSSR count). The molecule has 0 spiro atoms. The summed E-state index contributed by atoms with van der Waals surface area (Å²) in [4.78, 5) is 11.8. The number of hydrogen-bond acceptors (Lipinski definition) is 1. The third kappa shape index (κ3) is 2.25. The van der Waals surface area contributed by atoms with Gasteiger partial charge in [0.1, 0.15) is 11.6 Å². The quantitative estimate of drug-likeness (QED) is 0.455. The Bertz CT molecular complexity index is 622. The lowest BCUT2D eigenvalue weighted by atomic mass is 10.0. The molecule has 0 aliphatic heterocycles. The summed E-state index contributed by atoms with van der Waals surface area (Å²) >= 11 is 0. The maximum atomic E-state index is 13.3. The van der Waals surface area contributed by atoms with E-state index >= 15 is 0 Å². The first-order valence-electron chi connectivity index (χ1n) is 4.94. The molecular formula is C13H6F4O. The Morgan fingerprint density at radius 1 is 0.833 bits per heavy atom. The van der Waals surface area contributed by atoms with Crippen molar-refractivity contribution in [2.45, 2.75) is 0 Å². The average Bonchev–Trinajstić information content (AvgIpc) is 2.33. The van der Waals surface area contributed by atoms with Crippen molar-refractivity contribution < 1.29 is 22.4 Å². The van der Waals surface area contributed by atoms with Crippen LogP contribution in [0.2, 0.25) is 0 Å². The summed E-state index contributed by atoms with van der Waals surface area (Å²) in [6, 6.07) is 5.26. The van der Waals surface area contributed by atoms with Crippen LogP contribution in [0.25, 0.3) is 0 Å². The molecule has 0 amide bonds. The fourth-order valence-electron chi connectivity index (χ4n) is 1.48. The fraction of sp³-hybridized carbons (Fsp3) is 0. The molecule has 0 unspecified atom stereocenters. The van der Waals surface area contributed by atoms with Gasteiger partial charge in [0.05, 0.1) is 5.56 Å². The molecular weight excluding hydrogens is 248 g/mol. The lowest BCUT2D eigenvalue weighted by molar-refractivity contribution is 0.103. The van der Waals surface area contributed by atoms with Gasteiger partial charge in [-0.3, -0.25) is 4.79 Å². The summed E-state index contributed by atoms with van der Waals surface area (Å²) in [5, 5.41) is 0. The van der Waals surface area contributed by atoms with E-state index in [1.54, 1.807) is 0 Å². The molecule has 1 nitrogen and oxygen atoms in total. The van der Waals surface area contributed by atoms with Crippen LogP contribution >= 0.6 is 0 Å². The molecule has 2 aromatic carbocycles. The molecule has 5 heteroatoms. The van der Waals surface area contributed by atoms with Gasteiger partial charge >= 0.3 is 0 Å². The van der Waals surface area contributed by atoms with Gasteiger partial charge in [-0.15, -0.1) is 0 Å². The summed E-state index contributed by atoms with van der Waals surface area (Å²) in [5.74, 6) is -5.50. The van der Waals surface area contributed by atoms with Gasteiger partial charge in [-0.05, 0) is 18.2 Å². The molecule has 0 heterocycles. The van der Waals surface area contributed by atoms with Gasteiger partial charge in [0.25, 0.3) is 0 Å². The summed E-state index contributed by atoms with van der Waals surface area (Å²) < 4.78 is 51.9. The standard InChI is InChI=1S/C13H6F4O/c14-8-3-1-2-7(4-8)13(18)9-5-11(16)12(17)6-10(9)15/h1-6H. The Labute approximate surface area is 99.7 Å². The van der Waals surface area contributed by atoms with E-state index in [0.29, 0.717) is 6.07 Å². The molecule has 0 saturated heterocycles. The van der Waals surface area contributed by atoms with Crippen molar-refractivity contribution in [1.29, 1.82) is 0 Å². The first-order valence-corrected chi connectivity index (χ1v) is 4.94. The van der Waals surface area contributed by atoms with Crippen LogP contribution < -0.4 is 0 Å². The Morgan fingerprint density at radius 3 is 2.17 bits per heavy atom. The summed E-state index contributed by atoms with van der Waals surface area (Å²) in [7, 11) is 0. The minimum atomic E-state index is -1.39. The van der Waals surface area contributed by atoms with Crippen molar-refractivity contribution in [3.8, 4) is 0 Å². The van der Waals surface area contributed by atoms with Gasteiger partial charge in [0.15, 0.2) is 17.4 Å². The van der Waals surface area contributed by atoms with Gasteiger partial charge in [0, 0.05) is 11.6 Å². The second-order valence-electron chi connectivity index (χ2n) is 3.59. The number of carbonyl (C=O) groups excluding carboxylic acids is 1. The third-order valence-corrected chi connectivity index (χ3v) is 2.34. The molecule has 18 heavy (non-hydrogen) atoms. The molecule has 0 aliphatic rings. The minimum Gasteiger partial charge on any atom is -0.288 e. The Morgan fingerprint density at radius 2 is 1.50 bits per heavy atom. The van der Waals surface area contributed by atoms with E-state index in [4.69, 9.17) is 0 Å². The normalized spacial score (nSPS) is 10.4. The topological polar surface area (TPSA) is 17.1 Å². The van der Waals surface area contributed by atoms with Crippen molar-refractivity contribution in [3.05, 3.63) is 70.8 Å². The number of rotatable bonds is 2. The van der Waals surface area contributed by atoms with E-state index in [0.717, 1.165) is 12.1 Å². The van der Waals surface area contributed by atoms with Crippen LogP contribution in [-0.2, 0) is 0 Å². The van der Waals surface area contributed by atoms with E-state index in [1.165, 1.54) is 12.1 Å². The maximum Gasteiger partial charge on any atom is 0.196 e. The second-order valence-corrected chi connectivity index (χ2v) is 3.59. The zero-order valence-corrected chi connectivity index (χ0v) is 8.88. The van der Waals surface area contributed by atoms with E-state index in [9.17, 15) is 22.4 Å². The van der Waals surface area contributed by atoms with Crippen molar-refractivity contribution in [2.24, 2.45) is 0 Å². The van der Waals surface area contributed by atoms with Crippen LogP contribution in [-0.4, -0.2) is 5.78 Å². The average molecular weight is 254 g/mol. The molecule has 92 valence electrons. The van der Waals surface area contributed by atoms with E-state index in [1.807, 2.05) is 0 Å².